The molecule has 0 radical (unpaired) electrons. The minimum atomic E-state index is 0. The zero-order valence-corrected chi connectivity index (χ0v) is 20.1. The Bertz CT molecular complexity index is 647. The third-order valence-corrected chi connectivity index (χ3v) is 6.62. The Morgan fingerprint density at radius 2 is 1.89 bits per heavy atom. The summed E-state index contributed by atoms with van der Waals surface area (Å²) >= 11 is 2.05. The quantitative estimate of drug-likeness (QED) is 0.338. The molecule has 1 saturated heterocycles. The smallest absolute Gasteiger partial charge is 0.193 e. The molecule has 0 aromatic heterocycles. The fourth-order valence-electron chi connectivity index (χ4n) is 4.14. The van der Waals surface area contributed by atoms with Crippen molar-refractivity contribution in [3.05, 3.63) is 18.2 Å². The van der Waals surface area contributed by atoms with Crippen LogP contribution in [0.2, 0.25) is 0 Å². The Balaban J connectivity index is 0.00000280. The lowest BCUT2D eigenvalue weighted by molar-refractivity contribution is 0.0673. The standard InChI is InChI=1S/C20H32N4O2S.HI/c1-25-16-6-7-18(26-2)17(14-16)23-19(21)22-15-20(8-4-3-5-9-20)24-10-12-27-13-11-24;/h6-7,14H,3-5,8-13,15H2,1-2H3,(H3,21,22,23);1H. The third kappa shape index (κ3) is 5.82. The summed E-state index contributed by atoms with van der Waals surface area (Å²) in [7, 11) is 3.29. The fraction of sp³-hybridized carbons (Fsp3) is 0.650. The van der Waals surface area contributed by atoms with Crippen LogP contribution in [-0.4, -0.2) is 61.8 Å². The van der Waals surface area contributed by atoms with Crippen LogP contribution in [0.4, 0.5) is 5.69 Å². The Labute approximate surface area is 190 Å². The first-order valence-electron chi connectivity index (χ1n) is 9.79. The van der Waals surface area contributed by atoms with Crippen LogP contribution < -0.4 is 20.5 Å². The number of benzene rings is 1. The molecule has 2 fully saturated rings. The van der Waals surface area contributed by atoms with Gasteiger partial charge in [0.05, 0.1) is 26.5 Å². The minimum absolute atomic E-state index is 0. The number of rotatable bonds is 6. The third-order valence-electron chi connectivity index (χ3n) is 5.68. The first-order chi connectivity index (χ1) is 13.2. The van der Waals surface area contributed by atoms with E-state index < -0.39 is 0 Å². The lowest BCUT2D eigenvalue weighted by Gasteiger charge is -2.47. The van der Waals surface area contributed by atoms with Crippen LogP contribution in [0.5, 0.6) is 11.5 Å². The van der Waals surface area contributed by atoms with Crippen LogP contribution in [0.3, 0.4) is 0 Å². The lowest BCUT2D eigenvalue weighted by atomic mass is 9.80. The predicted molar refractivity (Wildman–Crippen MR) is 130 cm³/mol. The van der Waals surface area contributed by atoms with Crippen molar-refractivity contribution in [1.29, 1.82) is 0 Å². The number of anilines is 1. The van der Waals surface area contributed by atoms with E-state index in [0.717, 1.165) is 36.8 Å². The summed E-state index contributed by atoms with van der Waals surface area (Å²) in [6.45, 7) is 3.08. The maximum absolute atomic E-state index is 6.25. The summed E-state index contributed by atoms with van der Waals surface area (Å²) in [5, 5.41) is 3.20. The SMILES string of the molecule is COc1ccc(OC)c(NC(N)=NCC2(N3CCSCC3)CCCCC2)c1.I. The van der Waals surface area contributed by atoms with E-state index >= 15 is 0 Å². The van der Waals surface area contributed by atoms with E-state index in [1.807, 2.05) is 18.2 Å². The molecule has 1 aliphatic carbocycles. The number of nitrogens with zero attached hydrogens (tertiary/aromatic N) is 2. The number of hydrogen-bond donors (Lipinski definition) is 2. The van der Waals surface area contributed by atoms with Crippen molar-refractivity contribution in [1.82, 2.24) is 4.90 Å². The summed E-state index contributed by atoms with van der Waals surface area (Å²) in [5.41, 5.74) is 7.19. The Morgan fingerprint density at radius 1 is 1.18 bits per heavy atom. The molecule has 0 spiro atoms. The molecule has 0 amide bonds. The lowest BCUT2D eigenvalue weighted by Crippen LogP contribution is -2.55. The number of nitrogens with one attached hydrogen (secondary N) is 1. The second-order valence-electron chi connectivity index (χ2n) is 7.28. The van der Waals surface area contributed by atoms with Crippen molar-refractivity contribution in [2.45, 2.75) is 37.6 Å². The average molecular weight is 520 g/mol. The molecule has 3 N–H and O–H groups in total. The molecular formula is C20H33IN4O2S. The van der Waals surface area contributed by atoms with E-state index in [-0.39, 0.29) is 29.5 Å². The number of guanidine groups is 1. The summed E-state index contributed by atoms with van der Waals surface area (Å²) < 4.78 is 10.7. The van der Waals surface area contributed by atoms with Crippen LogP contribution in [0.25, 0.3) is 0 Å². The normalized spacial score (nSPS) is 20.1. The number of methoxy groups -OCH3 is 2. The van der Waals surface area contributed by atoms with Gasteiger partial charge < -0.3 is 20.5 Å². The highest BCUT2D eigenvalue weighted by molar-refractivity contribution is 14.0. The molecule has 158 valence electrons. The van der Waals surface area contributed by atoms with Crippen molar-refractivity contribution < 1.29 is 9.47 Å². The second-order valence-corrected chi connectivity index (χ2v) is 8.50. The highest BCUT2D eigenvalue weighted by Crippen LogP contribution is 2.35. The molecule has 3 rings (SSSR count). The monoisotopic (exact) mass is 520 g/mol. The summed E-state index contributed by atoms with van der Waals surface area (Å²) in [6, 6.07) is 5.60. The molecule has 1 aliphatic heterocycles. The van der Waals surface area contributed by atoms with Gasteiger partial charge in [0.2, 0.25) is 0 Å². The maximum Gasteiger partial charge on any atom is 0.193 e. The van der Waals surface area contributed by atoms with Gasteiger partial charge in [0.25, 0.3) is 0 Å². The van der Waals surface area contributed by atoms with E-state index in [9.17, 15) is 0 Å². The number of halogens is 1. The van der Waals surface area contributed by atoms with Crippen LogP contribution in [-0.2, 0) is 0 Å². The predicted octanol–water partition coefficient (Wildman–Crippen LogP) is 3.80. The highest BCUT2D eigenvalue weighted by atomic mass is 127. The molecule has 1 heterocycles. The Morgan fingerprint density at radius 3 is 2.54 bits per heavy atom. The summed E-state index contributed by atoms with van der Waals surface area (Å²) in [6.07, 6.45) is 6.35. The van der Waals surface area contributed by atoms with Crippen LogP contribution in [0.15, 0.2) is 23.2 Å². The number of ether oxygens (including phenoxy) is 2. The molecule has 2 aliphatic rings. The fourth-order valence-corrected chi connectivity index (χ4v) is 5.05. The van der Waals surface area contributed by atoms with Crippen LogP contribution in [0.1, 0.15) is 32.1 Å². The van der Waals surface area contributed by atoms with Gasteiger partial charge in [0.1, 0.15) is 11.5 Å². The maximum atomic E-state index is 6.25. The number of aliphatic imine (C=N–C) groups is 1. The highest BCUT2D eigenvalue weighted by Gasteiger charge is 2.38. The molecule has 1 aromatic carbocycles. The van der Waals surface area contributed by atoms with Crippen molar-refractivity contribution >= 4 is 47.4 Å². The largest absolute Gasteiger partial charge is 0.497 e. The van der Waals surface area contributed by atoms with E-state index in [1.54, 1.807) is 14.2 Å². The summed E-state index contributed by atoms with van der Waals surface area (Å²) in [4.78, 5) is 7.43. The van der Waals surface area contributed by atoms with Crippen molar-refractivity contribution in [3.63, 3.8) is 0 Å². The Hall–Kier alpha value is -0.870. The van der Waals surface area contributed by atoms with Gasteiger partial charge in [-0.3, -0.25) is 9.89 Å². The van der Waals surface area contributed by atoms with Gasteiger partial charge in [-0.25, -0.2) is 0 Å². The van der Waals surface area contributed by atoms with Crippen molar-refractivity contribution in [2.75, 3.05) is 50.7 Å². The van der Waals surface area contributed by atoms with Gasteiger partial charge in [0.15, 0.2) is 5.96 Å². The minimum Gasteiger partial charge on any atom is -0.497 e. The van der Waals surface area contributed by atoms with E-state index in [1.165, 1.54) is 43.6 Å². The van der Waals surface area contributed by atoms with E-state index in [0.29, 0.717) is 5.96 Å². The van der Waals surface area contributed by atoms with Gasteiger partial charge in [0, 0.05) is 36.2 Å². The molecule has 0 bridgehead atoms. The van der Waals surface area contributed by atoms with Crippen molar-refractivity contribution in [3.8, 4) is 11.5 Å². The first-order valence-corrected chi connectivity index (χ1v) is 10.9. The molecule has 1 saturated carbocycles. The number of hydrogen-bond acceptors (Lipinski definition) is 5. The van der Waals surface area contributed by atoms with Gasteiger partial charge in [-0.1, -0.05) is 19.3 Å². The second kappa shape index (κ2) is 11.3. The molecule has 0 unspecified atom stereocenters. The zero-order valence-electron chi connectivity index (χ0n) is 16.9. The Kier molecular flexibility index (Phi) is 9.49. The molecular weight excluding hydrogens is 487 g/mol. The topological polar surface area (TPSA) is 72.1 Å². The first kappa shape index (κ1) is 23.4. The van der Waals surface area contributed by atoms with Crippen LogP contribution in [0, 0.1) is 0 Å². The van der Waals surface area contributed by atoms with Gasteiger partial charge in [-0.05, 0) is 25.0 Å². The molecule has 1 aromatic rings. The van der Waals surface area contributed by atoms with Gasteiger partial charge in [-0.15, -0.1) is 24.0 Å². The molecule has 8 heteroatoms. The molecule has 6 nitrogen and oxygen atoms in total. The molecule has 0 atom stereocenters. The number of thioether (sulfide) groups is 1. The summed E-state index contributed by atoms with van der Waals surface area (Å²) in [5.74, 6) is 4.34. The van der Waals surface area contributed by atoms with Crippen LogP contribution >= 0.6 is 35.7 Å². The van der Waals surface area contributed by atoms with E-state index in [2.05, 4.69) is 22.0 Å². The van der Waals surface area contributed by atoms with Gasteiger partial charge >= 0.3 is 0 Å². The zero-order chi connectivity index (χ0) is 19.1. The van der Waals surface area contributed by atoms with Crippen molar-refractivity contribution in [2.24, 2.45) is 10.7 Å². The average Bonchev–Trinajstić information content (AvgIpc) is 2.73. The van der Waals surface area contributed by atoms with Gasteiger partial charge in [-0.2, -0.15) is 11.8 Å². The molecule has 28 heavy (non-hydrogen) atoms. The number of nitrogens with two attached hydrogens (primary N) is 1. The van der Waals surface area contributed by atoms with E-state index in [4.69, 9.17) is 20.2 Å².